The monoisotopic (exact) mass is 315 g/mol. The highest BCUT2D eigenvalue weighted by molar-refractivity contribution is 7.89. The first kappa shape index (κ1) is 17.5. The van der Waals surface area contributed by atoms with E-state index in [4.69, 9.17) is 9.84 Å². The highest BCUT2D eigenvalue weighted by atomic mass is 32.2. The number of hydrogen-bond donors (Lipinski definition) is 1. The van der Waals surface area contributed by atoms with Gasteiger partial charge in [0.1, 0.15) is 10.6 Å². The number of benzene rings is 1. The third kappa shape index (κ3) is 3.95. The van der Waals surface area contributed by atoms with Crippen molar-refractivity contribution in [2.24, 2.45) is 5.92 Å². The smallest absolute Gasteiger partial charge is 0.335 e. The molecule has 0 fully saturated rings. The number of ether oxygens (including phenoxy) is 1. The molecule has 6 nitrogen and oxygen atoms in total. The molecule has 1 aromatic carbocycles. The first-order valence-corrected chi connectivity index (χ1v) is 8.05. The van der Waals surface area contributed by atoms with Gasteiger partial charge in [0.15, 0.2) is 0 Å². The average molecular weight is 315 g/mol. The largest absolute Gasteiger partial charge is 0.495 e. The molecule has 7 heteroatoms. The molecule has 0 bridgehead atoms. The van der Waals surface area contributed by atoms with Gasteiger partial charge in [-0.2, -0.15) is 0 Å². The van der Waals surface area contributed by atoms with Gasteiger partial charge >= 0.3 is 5.97 Å². The van der Waals surface area contributed by atoms with E-state index in [2.05, 4.69) is 0 Å². The van der Waals surface area contributed by atoms with Crippen LogP contribution in [-0.4, -0.2) is 44.5 Å². The first-order chi connectivity index (χ1) is 9.73. The van der Waals surface area contributed by atoms with Gasteiger partial charge in [-0.05, 0) is 24.1 Å². The van der Waals surface area contributed by atoms with Crippen molar-refractivity contribution in [2.75, 3.05) is 20.7 Å². The summed E-state index contributed by atoms with van der Waals surface area (Å²) in [5, 5.41) is 9.01. The summed E-state index contributed by atoms with van der Waals surface area (Å²) < 4.78 is 31.5. The Balaban J connectivity index is 3.28. The number of nitrogens with zero attached hydrogens (tertiary/aromatic N) is 1. The zero-order chi connectivity index (χ0) is 16.2. The summed E-state index contributed by atoms with van der Waals surface area (Å²) in [6.07, 6.45) is 0.853. The average Bonchev–Trinajstić information content (AvgIpc) is 2.45. The van der Waals surface area contributed by atoms with Crippen molar-refractivity contribution in [3.8, 4) is 5.75 Å². The fraction of sp³-hybridized carbons (Fsp3) is 0.500. The van der Waals surface area contributed by atoms with E-state index in [-0.39, 0.29) is 22.1 Å². The molecule has 0 heterocycles. The van der Waals surface area contributed by atoms with Crippen molar-refractivity contribution >= 4 is 16.0 Å². The van der Waals surface area contributed by atoms with Crippen molar-refractivity contribution in [3.63, 3.8) is 0 Å². The number of carboxylic acid groups (broad SMARTS) is 1. The lowest BCUT2D eigenvalue weighted by Crippen LogP contribution is -2.31. The van der Waals surface area contributed by atoms with Crippen LogP contribution in [0.25, 0.3) is 0 Å². The van der Waals surface area contributed by atoms with E-state index < -0.39 is 16.0 Å². The molecule has 0 saturated heterocycles. The Kier molecular flexibility index (Phi) is 5.74. The molecule has 0 aliphatic carbocycles. The van der Waals surface area contributed by atoms with Crippen molar-refractivity contribution in [1.82, 2.24) is 4.31 Å². The van der Waals surface area contributed by atoms with E-state index in [1.807, 2.05) is 13.8 Å². The SMILES string of the molecule is CCC(C)CN(C)S(=O)(=O)c1cc(C(=O)O)ccc1OC. The molecule has 0 aliphatic rings. The Morgan fingerprint density at radius 1 is 1.43 bits per heavy atom. The van der Waals surface area contributed by atoms with Crippen LogP contribution in [0.5, 0.6) is 5.75 Å². The molecule has 118 valence electrons. The maximum Gasteiger partial charge on any atom is 0.335 e. The number of aromatic carboxylic acids is 1. The number of carbonyl (C=O) groups is 1. The molecular weight excluding hydrogens is 294 g/mol. The molecule has 1 aromatic rings. The predicted molar refractivity (Wildman–Crippen MR) is 79.2 cm³/mol. The van der Waals surface area contributed by atoms with Crippen LogP contribution >= 0.6 is 0 Å². The van der Waals surface area contributed by atoms with Gasteiger partial charge in [0, 0.05) is 13.6 Å². The standard InChI is InChI=1S/C14H21NO5S/c1-5-10(2)9-15(3)21(18,19)13-8-11(14(16)17)6-7-12(13)20-4/h6-8,10H,5,9H2,1-4H3,(H,16,17). The van der Waals surface area contributed by atoms with E-state index in [0.717, 1.165) is 12.5 Å². The molecular formula is C14H21NO5S. The van der Waals surface area contributed by atoms with Crippen LogP contribution in [-0.2, 0) is 10.0 Å². The fourth-order valence-corrected chi connectivity index (χ4v) is 3.31. The molecule has 0 aromatic heterocycles. The van der Waals surface area contributed by atoms with Gasteiger partial charge in [-0.1, -0.05) is 20.3 Å². The molecule has 0 aliphatic heterocycles. The third-order valence-corrected chi connectivity index (χ3v) is 5.21. The van der Waals surface area contributed by atoms with Crippen LogP contribution in [0.3, 0.4) is 0 Å². The number of carboxylic acids is 1. The van der Waals surface area contributed by atoms with Crippen LogP contribution < -0.4 is 4.74 Å². The number of hydrogen-bond acceptors (Lipinski definition) is 4. The number of rotatable bonds is 7. The first-order valence-electron chi connectivity index (χ1n) is 6.61. The highest BCUT2D eigenvalue weighted by Crippen LogP contribution is 2.28. The van der Waals surface area contributed by atoms with E-state index >= 15 is 0 Å². The van der Waals surface area contributed by atoms with Crippen LogP contribution in [0, 0.1) is 5.92 Å². The molecule has 1 atom stereocenters. The Morgan fingerprint density at radius 3 is 2.52 bits per heavy atom. The molecule has 1 rings (SSSR count). The second kappa shape index (κ2) is 6.91. The van der Waals surface area contributed by atoms with Crippen molar-refractivity contribution in [1.29, 1.82) is 0 Å². The van der Waals surface area contributed by atoms with E-state index in [9.17, 15) is 13.2 Å². The third-order valence-electron chi connectivity index (χ3n) is 3.36. The van der Waals surface area contributed by atoms with Crippen molar-refractivity contribution in [3.05, 3.63) is 23.8 Å². The topological polar surface area (TPSA) is 83.9 Å². The lowest BCUT2D eigenvalue weighted by atomic mass is 10.1. The van der Waals surface area contributed by atoms with E-state index in [0.29, 0.717) is 6.54 Å². The maximum absolute atomic E-state index is 12.6. The second-order valence-electron chi connectivity index (χ2n) is 4.97. The Labute approximate surface area is 125 Å². The summed E-state index contributed by atoms with van der Waals surface area (Å²) in [6.45, 7) is 4.30. The Morgan fingerprint density at radius 2 is 2.05 bits per heavy atom. The molecule has 0 spiro atoms. The summed E-state index contributed by atoms with van der Waals surface area (Å²) in [5.74, 6) is -0.840. The van der Waals surface area contributed by atoms with Gasteiger partial charge in [0.2, 0.25) is 10.0 Å². The molecule has 1 unspecified atom stereocenters. The Hall–Kier alpha value is -1.60. The van der Waals surface area contributed by atoms with Gasteiger partial charge < -0.3 is 9.84 Å². The molecule has 0 saturated carbocycles. The van der Waals surface area contributed by atoms with Gasteiger partial charge in [0.05, 0.1) is 12.7 Å². The van der Waals surface area contributed by atoms with Crippen molar-refractivity contribution in [2.45, 2.75) is 25.2 Å². The summed E-state index contributed by atoms with van der Waals surface area (Å²) in [6, 6.07) is 3.80. The van der Waals surface area contributed by atoms with Gasteiger partial charge in [-0.3, -0.25) is 0 Å². The Bertz CT molecular complexity index is 612. The molecule has 0 amide bonds. The number of methoxy groups -OCH3 is 1. The normalized spacial score (nSPS) is 13.2. The minimum atomic E-state index is -3.80. The molecule has 21 heavy (non-hydrogen) atoms. The minimum Gasteiger partial charge on any atom is -0.495 e. The lowest BCUT2D eigenvalue weighted by molar-refractivity contribution is 0.0696. The summed E-state index contributed by atoms with van der Waals surface area (Å²) in [5.41, 5.74) is -0.0914. The van der Waals surface area contributed by atoms with Crippen molar-refractivity contribution < 1.29 is 23.1 Å². The quantitative estimate of drug-likeness (QED) is 0.832. The van der Waals surface area contributed by atoms with Gasteiger partial charge in [-0.25, -0.2) is 17.5 Å². The number of sulfonamides is 1. The highest BCUT2D eigenvalue weighted by Gasteiger charge is 2.26. The zero-order valence-corrected chi connectivity index (χ0v) is 13.5. The van der Waals surface area contributed by atoms with Crippen LogP contribution in [0.4, 0.5) is 0 Å². The molecule has 0 radical (unpaired) electrons. The maximum atomic E-state index is 12.6. The predicted octanol–water partition coefficient (Wildman–Crippen LogP) is 2.06. The second-order valence-corrected chi connectivity index (χ2v) is 6.98. The summed E-state index contributed by atoms with van der Waals surface area (Å²) in [7, 11) is -0.967. The van der Waals surface area contributed by atoms with Gasteiger partial charge in [0.25, 0.3) is 0 Å². The van der Waals surface area contributed by atoms with Crippen LogP contribution in [0.2, 0.25) is 0 Å². The molecule has 1 N–H and O–H groups in total. The fourth-order valence-electron chi connectivity index (χ4n) is 1.85. The van der Waals surface area contributed by atoms with Gasteiger partial charge in [-0.15, -0.1) is 0 Å². The summed E-state index contributed by atoms with van der Waals surface area (Å²) in [4.78, 5) is 10.9. The summed E-state index contributed by atoms with van der Waals surface area (Å²) >= 11 is 0. The van der Waals surface area contributed by atoms with Crippen LogP contribution in [0.1, 0.15) is 30.6 Å². The van der Waals surface area contributed by atoms with E-state index in [1.54, 1.807) is 0 Å². The van der Waals surface area contributed by atoms with E-state index in [1.165, 1.54) is 30.6 Å². The lowest BCUT2D eigenvalue weighted by Gasteiger charge is -2.21. The minimum absolute atomic E-state index is 0.0914. The zero-order valence-electron chi connectivity index (χ0n) is 12.7. The van der Waals surface area contributed by atoms with Crippen LogP contribution in [0.15, 0.2) is 23.1 Å².